The van der Waals surface area contributed by atoms with Crippen molar-refractivity contribution in [2.45, 2.75) is 19.4 Å². The van der Waals surface area contributed by atoms with Crippen LogP contribution in [0.1, 0.15) is 24.0 Å². The minimum atomic E-state index is -0.264. The molecule has 4 heteroatoms. The second kappa shape index (κ2) is 6.59. The van der Waals surface area contributed by atoms with Crippen molar-refractivity contribution in [1.82, 2.24) is 5.32 Å². The molecular weight excluding hydrogens is 202 g/mol. The molecule has 0 heterocycles. The predicted molar refractivity (Wildman–Crippen MR) is 61.3 cm³/mol. The first-order valence-corrected chi connectivity index (χ1v) is 5.20. The van der Waals surface area contributed by atoms with Crippen LogP contribution in [0, 0.1) is 11.3 Å². The third-order valence-corrected chi connectivity index (χ3v) is 2.19. The summed E-state index contributed by atoms with van der Waals surface area (Å²) >= 11 is 0. The molecule has 1 aromatic carbocycles. The second-order valence-electron chi connectivity index (χ2n) is 3.56. The van der Waals surface area contributed by atoms with Gasteiger partial charge in [-0.15, -0.1) is 0 Å². The van der Waals surface area contributed by atoms with Crippen LogP contribution >= 0.6 is 0 Å². The molecule has 16 heavy (non-hydrogen) atoms. The minimum absolute atomic E-state index is 0.264. The van der Waals surface area contributed by atoms with Gasteiger partial charge < -0.3 is 11.1 Å². The largest absolute Gasteiger partial charge is 0.370 e. The monoisotopic (exact) mass is 217 g/mol. The third kappa shape index (κ3) is 4.58. The van der Waals surface area contributed by atoms with Gasteiger partial charge in [-0.2, -0.15) is 5.26 Å². The fraction of sp³-hybridized carbons (Fsp3) is 0.333. The molecular formula is C12H15N3O. The molecule has 3 N–H and O–H groups in total. The first-order chi connectivity index (χ1) is 7.72. The van der Waals surface area contributed by atoms with Crippen LogP contribution in [0.3, 0.4) is 0 Å². The quantitative estimate of drug-likeness (QED) is 0.695. The molecule has 0 bridgehead atoms. The molecule has 0 saturated heterocycles. The van der Waals surface area contributed by atoms with Gasteiger partial charge in [0.1, 0.15) is 0 Å². The number of nitriles is 1. The van der Waals surface area contributed by atoms with Crippen LogP contribution in [-0.2, 0) is 11.3 Å². The second-order valence-corrected chi connectivity index (χ2v) is 3.56. The van der Waals surface area contributed by atoms with Crippen LogP contribution in [0.25, 0.3) is 0 Å². The maximum Gasteiger partial charge on any atom is 0.217 e. The number of primary amides is 1. The molecule has 1 rings (SSSR count). The number of nitrogens with zero attached hydrogens (tertiary/aromatic N) is 1. The van der Waals surface area contributed by atoms with E-state index in [-0.39, 0.29) is 5.91 Å². The number of hydrogen-bond donors (Lipinski definition) is 2. The summed E-state index contributed by atoms with van der Waals surface area (Å²) < 4.78 is 0. The summed E-state index contributed by atoms with van der Waals surface area (Å²) in [5.41, 5.74) is 6.81. The highest BCUT2D eigenvalue weighted by Crippen LogP contribution is 2.02. The molecule has 0 saturated carbocycles. The number of nitrogens with one attached hydrogen (secondary N) is 1. The highest BCUT2D eigenvalue weighted by molar-refractivity contribution is 5.73. The molecule has 0 radical (unpaired) electrons. The van der Waals surface area contributed by atoms with Gasteiger partial charge in [0.2, 0.25) is 5.91 Å². The lowest BCUT2D eigenvalue weighted by molar-refractivity contribution is -0.118. The van der Waals surface area contributed by atoms with E-state index in [0.29, 0.717) is 12.0 Å². The summed E-state index contributed by atoms with van der Waals surface area (Å²) in [5, 5.41) is 11.8. The van der Waals surface area contributed by atoms with Gasteiger partial charge in [-0.25, -0.2) is 0 Å². The number of benzene rings is 1. The Balaban J connectivity index is 2.22. The van der Waals surface area contributed by atoms with Gasteiger partial charge in [-0.1, -0.05) is 12.1 Å². The molecule has 1 amide bonds. The van der Waals surface area contributed by atoms with Gasteiger partial charge in [0.05, 0.1) is 11.6 Å². The molecule has 0 atom stereocenters. The van der Waals surface area contributed by atoms with Gasteiger partial charge in [0.15, 0.2) is 0 Å². The highest BCUT2D eigenvalue weighted by Gasteiger charge is 1.95. The van der Waals surface area contributed by atoms with Crippen molar-refractivity contribution in [2.75, 3.05) is 6.54 Å². The molecule has 0 fully saturated rings. The zero-order valence-electron chi connectivity index (χ0n) is 9.07. The first-order valence-electron chi connectivity index (χ1n) is 5.20. The van der Waals surface area contributed by atoms with Crippen LogP contribution < -0.4 is 11.1 Å². The fourth-order valence-corrected chi connectivity index (χ4v) is 1.32. The molecule has 0 aromatic heterocycles. The fourth-order valence-electron chi connectivity index (χ4n) is 1.32. The smallest absolute Gasteiger partial charge is 0.217 e. The van der Waals surface area contributed by atoms with Gasteiger partial charge in [-0.3, -0.25) is 4.79 Å². The van der Waals surface area contributed by atoms with Crippen molar-refractivity contribution in [2.24, 2.45) is 5.73 Å². The van der Waals surface area contributed by atoms with Crippen LogP contribution in [0.2, 0.25) is 0 Å². The topological polar surface area (TPSA) is 78.9 Å². The summed E-state index contributed by atoms with van der Waals surface area (Å²) in [6.45, 7) is 1.51. The maximum absolute atomic E-state index is 10.5. The Morgan fingerprint density at radius 1 is 1.38 bits per heavy atom. The van der Waals surface area contributed by atoms with Crippen molar-refractivity contribution in [3.63, 3.8) is 0 Å². The zero-order chi connectivity index (χ0) is 11.8. The van der Waals surface area contributed by atoms with E-state index in [1.54, 1.807) is 12.1 Å². The van der Waals surface area contributed by atoms with Gasteiger partial charge in [0, 0.05) is 13.0 Å². The van der Waals surface area contributed by atoms with Crippen molar-refractivity contribution in [3.05, 3.63) is 35.4 Å². The Labute approximate surface area is 95.1 Å². The van der Waals surface area contributed by atoms with E-state index in [1.165, 1.54) is 0 Å². The molecule has 1 aromatic rings. The van der Waals surface area contributed by atoms with E-state index in [4.69, 9.17) is 11.0 Å². The number of rotatable bonds is 6. The van der Waals surface area contributed by atoms with Crippen molar-refractivity contribution in [1.29, 1.82) is 5.26 Å². The van der Waals surface area contributed by atoms with Gasteiger partial charge in [0.25, 0.3) is 0 Å². The molecule has 0 aliphatic heterocycles. The zero-order valence-corrected chi connectivity index (χ0v) is 9.07. The normalized spacial score (nSPS) is 9.69. The molecule has 4 nitrogen and oxygen atoms in total. The number of hydrogen-bond acceptors (Lipinski definition) is 3. The number of carbonyl (C=O) groups is 1. The maximum atomic E-state index is 10.5. The molecule has 0 unspecified atom stereocenters. The van der Waals surface area contributed by atoms with E-state index in [1.807, 2.05) is 12.1 Å². The number of carbonyl (C=O) groups excluding carboxylic acids is 1. The highest BCUT2D eigenvalue weighted by atomic mass is 16.1. The first kappa shape index (κ1) is 12.2. The SMILES string of the molecule is N#Cc1ccc(CNCCCC(N)=O)cc1. The molecule has 0 spiro atoms. The summed E-state index contributed by atoms with van der Waals surface area (Å²) in [7, 11) is 0. The lowest BCUT2D eigenvalue weighted by Gasteiger charge is -2.03. The Kier molecular flexibility index (Phi) is 5.03. The predicted octanol–water partition coefficient (Wildman–Crippen LogP) is 0.913. The van der Waals surface area contributed by atoms with E-state index in [9.17, 15) is 4.79 Å². The summed E-state index contributed by atoms with van der Waals surface area (Å²) in [6, 6.07) is 9.49. The molecule has 84 valence electrons. The minimum Gasteiger partial charge on any atom is -0.370 e. The number of nitrogens with two attached hydrogens (primary N) is 1. The van der Waals surface area contributed by atoms with E-state index < -0.39 is 0 Å². The van der Waals surface area contributed by atoms with E-state index in [2.05, 4.69) is 11.4 Å². The third-order valence-electron chi connectivity index (χ3n) is 2.19. The molecule has 0 aliphatic rings. The van der Waals surface area contributed by atoms with Crippen LogP contribution in [-0.4, -0.2) is 12.5 Å². The molecule has 0 aliphatic carbocycles. The van der Waals surface area contributed by atoms with Gasteiger partial charge >= 0.3 is 0 Å². The summed E-state index contributed by atoms with van der Waals surface area (Å²) in [6.07, 6.45) is 1.17. The Hall–Kier alpha value is -1.86. The Morgan fingerprint density at radius 3 is 2.62 bits per heavy atom. The van der Waals surface area contributed by atoms with Crippen molar-refractivity contribution < 1.29 is 4.79 Å². The Bertz CT molecular complexity index is 378. The lowest BCUT2D eigenvalue weighted by Crippen LogP contribution is -2.18. The summed E-state index contributed by atoms with van der Waals surface area (Å²) in [5.74, 6) is -0.264. The van der Waals surface area contributed by atoms with Crippen molar-refractivity contribution in [3.8, 4) is 6.07 Å². The lowest BCUT2D eigenvalue weighted by atomic mass is 10.1. The average Bonchev–Trinajstić information content (AvgIpc) is 2.29. The van der Waals surface area contributed by atoms with E-state index >= 15 is 0 Å². The Morgan fingerprint density at radius 2 is 2.06 bits per heavy atom. The van der Waals surface area contributed by atoms with Crippen LogP contribution in [0.15, 0.2) is 24.3 Å². The average molecular weight is 217 g/mol. The van der Waals surface area contributed by atoms with Gasteiger partial charge in [-0.05, 0) is 30.7 Å². The summed E-state index contributed by atoms with van der Waals surface area (Å²) in [4.78, 5) is 10.5. The number of amides is 1. The standard InChI is InChI=1S/C12H15N3O/c13-8-10-3-5-11(6-4-10)9-15-7-1-2-12(14)16/h3-6,15H,1-2,7,9H2,(H2,14,16). The van der Waals surface area contributed by atoms with Crippen molar-refractivity contribution >= 4 is 5.91 Å². The van der Waals surface area contributed by atoms with Crippen LogP contribution in [0.5, 0.6) is 0 Å². The van der Waals surface area contributed by atoms with E-state index in [0.717, 1.165) is 25.1 Å². The van der Waals surface area contributed by atoms with Crippen LogP contribution in [0.4, 0.5) is 0 Å².